The Balaban J connectivity index is 1.62. The first-order chi connectivity index (χ1) is 15.5. The molecule has 0 bridgehead atoms. The van der Waals surface area contributed by atoms with Gasteiger partial charge in [-0.15, -0.1) is 11.3 Å². The number of thiophene rings is 1. The molecule has 0 saturated carbocycles. The lowest BCUT2D eigenvalue weighted by atomic mass is 10.1. The van der Waals surface area contributed by atoms with Crippen LogP contribution in [0.4, 0.5) is 0 Å². The van der Waals surface area contributed by atoms with Gasteiger partial charge in [-0.3, -0.25) is 30.0 Å². The molecule has 0 unspecified atom stereocenters. The highest BCUT2D eigenvalue weighted by molar-refractivity contribution is 7.12. The number of amides is 2. The smallest absolute Gasteiger partial charge is 0.290 e. The maximum absolute atomic E-state index is 12.7. The van der Waals surface area contributed by atoms with Crippen LogP contribution >= 0.6 is 11.3 Å². The van der Waals surface area contributed by atoms with Gasteiger partial charge in [0.1, 0.15) is 0 Å². The minimum absolute atomic E-state index is 0.00200. The predicted octanol–water partition coefficient (Wildman–Crippen LogP) is 3.46. The Hall–Kier alpha value is -3.33. The maximum atomic E-state index is 12.7. The van der Waals surface area contributed by atoms with Crippen LogP contribution in [0.2, 0.25) is 0 Å². The molecule has 2 aromatic heterocycles. The molecular formula is C23H26N4O4S. The van der Waals surface area contributed by atoms with E-state index in [1.807, 2.05) is 11.4 Å². The van der Waals surface area contributed by atoms with Gasteiger partial charge in [0.2, 0.25) is 5.91 Å². The second kappa shape index (κ2) is 11.3. The number of nitrogens with zero attached hydrogens (tertiary/aromatic N) is 2. The Morgan fingerprint density at radius 2 is 1.75 bits per heavy atom. The van der Waals surface area contributed by atoms with Gasteiger partial charge in [-0.25, -0.2) is 4.68 Å². The minimum Gasteiger partial charge on any atom is -0.293 e. The molecule has 1 aromatic carbocycles. The van der Waals surface area contributed by atoms with E-state index in [9.17, 15) is 19.2 Å². The molecule has 0 aliphatic carbocycles. The molecule has 32 heavy (non-hydrogen) atoms. The summed E-state index contributed by atoms with van der Waals surface area (Å²) in [5.74, 6) is -1.01. The molecule has 3 rings (SSSR count). The first kappa shape index (κ1) is 23.3. The number of ketones is 1. The van der Waals surface area contributed by atoms with E-state index in [1.54, 1.807) is 30.3 Å². The Morgan fingerprint density at radius 3 is 2.47 bits per heavy atom. The lowest BCUT2D eigenvalue weighted by Gasteiger charge is -2.12. The zero-order valence-corrected chi connectivity index (χ0v) is 18.7. The molecule has 0 saturated heterocycles. The third-order valence-corrected chi connectivity index (χ3v) is 5.89. The van der Waals surface area contributed by atoms with Gasteiger partial charge >= 0.3 is 0 Å². The Kier molecular flexibility index (Phi) is 8.27. The van der Waals surface area contributed by atoms with E-state index >= 15 is 0 Å². The summed E-state index contributed by atoms with van der Waals surface area (Å²) in [6, 6.07) is 10.4. The summed E-state index contributed by atoms with van der Waals surface area (Å²) in [7, 11) is 0. The van der Waals surface area contributed by atoms with Crippen molar-refractivity contribution in [1.29, 1.82) is 0 Å². The maximum Gasteiger partial charge on any atom is 0.290 e. The van der Waals surface area contributed by atoms with Gasteiger partial charge in [-0.1, -0.05) is 44.0 Å². The number of Topliss-reactive ketones (excluding diaryl/α,β-unsaturated/α-hetero) is 1. The number of hydrogen-bond acceptors (Lipinski definition) is 6. The number of carbonyl (C=O) groups excluding carboxylic acids is 3. The number of unbranched alkanes of at least 4 members (excludes halogenated alkanes) is 2. The van der Waals surface area contributed by atoms with Crippen molar-refractivity contribution in [3.8, 4) is 0 Å². The van der Waals surface area contributed by atoms with E-state index in [4.69, 9.17) is 0 Å². The van der Waals surface area contributed by atoms with Crippen molar-refractivity contribution in [3.05, 3.63) is 62.7 Å². The van der Waals surface area contributed by atoms with Crippen molar-refractivity contribution >= 4 is 39.7 Å². The predicted molar refractivity (Wildman–Crippen MR) is 124 cm³/mol. The van der Waals surface area contributed by atoms with Crippen molar-refractivity contribution in [3.63, 3.8) is 0 Å². The Morgan fingerprint density at radius 1 is 0.969 bits per heavy atom. The van der Waals surface area contributed by atoms with Crippen LogP contribution in [0, 0.1) is 0 Å². The van der Waals surface area contributed by atoms with Gasteiger partial charge in [-0.2, -0.15) is 5.10 Å². The van der Waals surface area contributed by atoms with Crippen LogP contribution in [-0.4, -0.2) is 27.4 Å². The van der Waals surface area contributed by atoms with Crippen LogP contribution in [0.15, 0.2) is 46.6 Å². The molecule has 168 valence electrons. The number of fused-ring (bicyclic) bond motifs is 1. The fourth-order valence-electron chi connectivity index (χ4n) is 3.28. The first-order valence-corrected chi connectivity index (χ1v) is 11.5. The standard InChI is InChI=1S/C23H26N4O4S/c1-2-3-6-14-27-23(31)17-10-5-4-9-16(17)21(26-27)22(30)25-24-20(29)13-7-11-18(28)19-12-8-15-32-19/h4-5,8-10,12,15H,2-3,6-7,11,13-14H2,1H3,(H,24,29)(H,25,30). The molecular weight excluding hydrogens is 428 g/mol. The quantitative estimate of drug-likeness (QED) is 0.277. The highest BCUT2D eigenvalue weighted by Crippen LogP contribution is 2.14. The van der Waals surface area contributed by atoms with E-state index < -0.39 is 11.8 Å². The lowest BCUT2D eigenvalue weighted by Crippen LogP contribution is -2.42. The topological polar surface area (TPSA) is 110 Å². The first-order valence-electron chi connectivity index (χ1n) is 10.7. The number of aryl methyl sites for hydroxylation is 1. The van der Waals surface area contributed by atoms with Gasteiger partial charge in [0.25, 0.3) is 11.5 Å². The molecule has 3 aromatic rings. The minimum atomic E-state index is -0.603. The average Bonchev–Trinajstić information content (AvgIpc) is 3.34. The summed E-state index contributed by atoms with van der Waals surface area (Å²) in [6.07, 6.45) is 3.47. The average molecular weight is 455 g/mol. The lowest BCUT2D eigenvalue weighted by molar-refractivity contribution is -0.121. The van der Waals surface area contributed by atoms with Crippen molar-refractivity contribution in [2.45, 2.75) is 52.0 Å². The third kappa shape index (κ3) is 5.88. The van der Waals surface area contributed by atoms with Crippen LogP contribution in [-0.2, 0) is 11.3 Å². The van der Waals surface area contributed by atoms with Crippen molar-refractivity contribution in [2.75, 3.05) is 0 Å². The fourth-order valence-corrected chi connectivity index (χ4v) is 3.98. The van der Waals surface area contributed by atoms with Crippen molar-refractivity contribution in [1.82, 2.24) is 20.6 Å². The summed E-state index contributed by atoms with van der Waals surface area (Å²) in [4.78, 5) is 50.2. The van der Waals surface area contributed by atoms with E-state index in [0.717, 1.165) is 19.3 Å². The van der Waals surface area contributed by atoms with E-state index in [1.165, 1.54) is 16.0 Å². The number of nitrogens with one attached hydrogen (secondary N) is 2. The molecule has 2 N–H and O–H groups in total. The van der Waals surface area contributed by atoms with Gasteiger partial charge in [0, 0.05) is 24.8 Å². The van der Waals surface area contributed by atoms with Crippen molar-refractivity contribution < 1.29 is 14.4 Å². The molecule has 8 nitrogen and oxygen atoms in total. The number of benzene rings is 1. The second-order valence-corrected chi connectivity index (χ2v) is 8.33. The van der Waals surface area contributed by atoms with Crippen LogP contribution in [0.3, 0.4) is 0 Å². The van der Waals surface area contributed by atoms with Crippen LogP contribution in [0.5, 0.6) is 0 Å². The molecule has 9 heteroatoms. The largest absolute Gasteiger partial charge is 0.293 e. The molecule has 2 amide bonds. The van der Waals surface area contributed by atoms with Gasteiger partial charge < -0.3 is 0 Å². The molecule has 0 aliphatic rings. The highest BCUT2D eigenvalue weighted by atomic mass is 32.1. The summed E-state index contributed by atoms with van der Waals surface area (Å²) < 4.78 is 1.31. The van der Waals surface area contributed by atoms with Gasteiger partial charge in [-0.05, 0) is 30.4 Å². The van der Waals surface area contributed by atoms with Gasteiger partial charge in [0.05, 0.1) is 10.3 Å². The monoisotopic (exact) mass is 454 g/mol. The fraction of sp³-hybridized carbons (Fsp3) is 0.348. The molecule has 0 fully saturated rings. The van der Waals surface area contributed by atoms with Crippen LogP contribution in [0.25, 0.3) is 10.8 Å². The Labute approximate surface area is 189 Å². The molecule has 0 radical (unpaired) electrons. The van der Waals surface area contributed by atoms with E-state index in [2.05, 4.69) is 22.9 Å². The van der Waals surface area contributed by atoms with E-state index in [-0.39, 0.29) is 29.9 Å². The normalized spacial score (nSPS) is 10.8. The molecule has 0 atom stereocenters. The van der Waals surface area contributed by atoms with E-state index in [0.29, 0.717) is 28.6 Å². The zero-order valence-electron chi connectivity index (χ0n) is 17.9. The van der Waals surface area contributed by atoms with Crippen LogP contribution in [0.1, 0.15) is 65.6 Å². The number of hydrazine groups is 1. The Bertz CT molecular complexity index is 1150. The molecule has 0 spiro atoms. The summed E-state index contributed by atoms with van der Waals surface area (Å²) in [5.41, 5.74) is 4.57. The van der Waals surface area contributed by atoms with Gasteiger partial charge in [0.15, 0.2) is 11.5 Å². The molecule has 0 aliphatic heterocycles. The summed E-state index contributed by atoms with van der Waals surface area (Å²) in [6.45, 7) is 2.48. The summed E-state index contributed by atoms with van der Waals surface area (Å²) >= 11 is 1.37. The highest BCUT2D eigenvalue weighted by Gasteiger charge is 2.17. The number of carbonyl (C=O) groups is 3. The number of hydrogen-bond donors (Lipinski definition) is 2. The molecule has 2 heterocycles. The van der Waals surface area contributed by atoms with Crippen LogP contribution < -0.4 is 16.4 Å². The van der Waals surface area contributed by atoms with Crippen molar-refractivity contribution in [2.24, 2.45) is 0 Å². The SMILES string of the molecule is CCCCCn1nc(C(=O)NNC(=O)CCCC(=O)c2cccs2)c2ccccc2c1=O. The third-order valence-electron chi connectivity index (χ3n) is 4.98. The summed E-state index contributed by atoms with van der Waals surface area (Å²) in [5, 5.41) is 6.93. The number of aromatic nitrogens is 2. The zero-order chi connectivity index (χ0) is 22.9. The second-order valence-electron chi connectivity index (χ2n) is 7.39. The number of rotatable bonds is 10.